The van der Waals surface area contributed by atoms with Crippen LogP contribution in [-0.4, -0.2) is 29.9 Å². The second-order valence-corrected chi connectivity index (χ2v) is 7.93. The summed E-state index contributed by atoms with van der Waals surface area (Å²) in [5.41, 5.74) is 7.06. The molecule has 158 valence electrons. The van der Waals surface area contributed by atoms with Gasteiger partial charge in [0.05, 0.1) is 4.88 Å². The van der Waals surface area contributed by atoms with Gasteiger partial charge in [-0.3, -0.25) is 5.73 Å². The first-order valence-electron chi connectivity index (χ1n) is 9.47. The molecule has 0 spiro atoms. The summed E-state index contributed by atoms with van der Waals surface area (Å²) in [6, 6.07) is 11.8. The molecule has 0 aliphatic heterocycles. The van der Waals surface area contributed by atoms with Gasteiger partial charge in [0.25, 0.3) is 0 Å². The van der Waals surface area contributed by atoms with Crippen LogP contribution in [0.1, 0.15) is 28.7 Å². The molecule has 3 N–H and O–H groups in total. The van der Waals surface area contributed by atoms with Gasteiger partial charge in [0.2, 0.25) is 0 Å². The molecule has 7 heteroatoms. The van der Waals surface area contributed by atoms with E-state index in [1.165, 1.54) is 5.56 Å². The summed E-state index contributed by atoms with van der Waals surface area (Å²) < 4.78 is 10.6. The summed E-state index contributed by atoms with van der Waals surface area (Å²) >= 11 is 1.61. The van der Waals surface area contributed by atoms with Crippen molar-refractivity contribution in [2.45, 2.75) is 32.9 Å². The summed E-state index contributed by atoms with van der Waals surface area (Å²) in [4.78, 5) is 24.0. The van der Waals surface area contributed by atoms with Gasteiger partial charge in [0, 0.05) is 22.9 Å². The molecule has 2 aromatic rings. The fourth-order valence-corrected chi connectivity index (χ4v) is 3.32. The minimum Gasteiger partial charge on any atom is -0.481 e. The fourth-order valence-electron chi connectivity index (χ4n) is 2.42. The van der Waals surface area contributed by atoms with Crippen molar-refractivity contribution in [1.29, 1.82) is 0 Å². The molecule has 0 fully saturated rings. The highest BCUT2D eigenvalue weighted by Gasteiger charge is 2.16. The van der Waals surface area contributed by atoms with Crippen LogP contribution in [0, 0.1) is 24.7 Å². The standard InChI is InChI=1S/C23H25NO5S/c1-16-5-8-18(9-6-16)28-15-3-4-19-11-12-20(30-19)10-7-17(2)23(24)29-22(27)14-13-21(25)26/h5-6,8-9,11-14,17,23H,7,10,15,24H2,1-2H3,(H,25,26)/t17-,23?/m1/s1. The van der Waals surface area contributed by atoms with Crippen LogP contribution in [0.15, 0.2) is 48.6 Å². The number of ether oxygens (including phenoxy) is 2. The highest BCUT2D eigenvalue weighted by atomic mass is 32.1. The van der Waals surface area contributed by atoms with Crippen LogP contribution in [0.25, 0.3) is 0 Å². The molecule has 2 rings (SSSR count). The maximum Gasteiger partial charge on any atom is 0.332 e. The average Bonchev–Trinajstić information content (AvgIpc) is 3.17. The molecule has 1 aromatic carbocycles. The maximum atomic E-state index is 11.5. The summed E-state index contributed by atoms with van der Waals surface area (Å²) in [5, 5.41) is 8.51. The number of rotatable bonds is 9. The average molecular weight is 428 g/mol. The number of hydrogen-bond donors (Lipinski definition) is 2. The third-order valence-corrected chi connectivity index (χ3v) is 5.29. The van der Waals surface area contributed by atoms with Crippen molar-refractivity contribution in [3.63, 3.8) is 0 Å². The second kappa shape index (κ2) is 11.8. The van der Waals surface area contributed by atoms with Crippen molar-refractivity contribution in [3.05, 3.63) is 63.9 Å². The molecule has 1 heterocycles. The minimum atomic E-state index is -1.22. The molecule has 6 nitrogen and oxygen atoms in total. The van der Waals surface area contributed by atoms with Crippen LogP contribution < -0.4 is 10.5 Å². The first-order valence-corrected chi connectivity index (χ1v) is 10.3. The third kappa shape index (κ3) is 8.52. The summed E-state index contributed by atoms with van der Waals surface area (Å²) in [5.74, 6) is 4.85. The van der Waals surface area contributed by atoms with E-state index in [1.807, 2.05) is 50.2 Å². The molecular formula is C23H25NO5S. The maximum absolute atomic E-state index is 11.5. The molecule has 30 heavy (non-hydrogen) atoms. The van der Waals surface area contributed by atoms with Gasteiger partial charge in [-0.15, -0.1) is 11.3 Å². The van der Waals surface area contributed by atoms with E-state index in [4.69, 9.17) is 20.3 Å². The Hall–Kier alpha value is -3.08. The molecule has 0 bridgehead atoms. The number of carboxylic acids is 1. The molecule has 0 aliphatic rings. The highest BCUT2D eigenvalue weighted by Crippen LogP contribution is 2.20. The lowest BCUT2D eigenvalue weighted by Crippen LogP contribution is -2.33. The van der Waals surface area contributed by atoms with Crippen molar-refractivity contribution in [2.75, 3.05) is 6.61 Å². The van der Waals surface area contributed by atoms with Gasteiger partial charge < -0.3 is 14.6 Å². The number of hydrogen-bond acceptors (Lipinski definition) is 6. The van der Waals surface area contributed by atoms with Crippen molar-refractivity contribution in [1.82, 2.24) is 0 Å². The van der Waals surface area contributed by atoms with E-state index in [9.17, 15) is 9.59 Å². The Morgan fingerprint density at radius 1 is 1.20 bits per heavy atom. The van der Waals surface area contributed by atoms with E-state index in [0.717, 1.165) is 40.5 Å². The van der Waals surface area contributed by atoms with Gasteiger partial charge in [-0.05, 0) is 44.0 Å². The van der Waals surface area contributed by atoms with Gasteiger partial charge in [0.15, 0.2) is 6.23 Å². The summed E-state index contributed by atoms with van der Waals surface area (Å²) in [7, 11) is 0. The Kier molecular flexibility index (Phi) is 9.13. The lowest BCUT2D eigenvalue weighted by molar-refractivity contribution is -0.145. The molecule has 2 atom stereocenters. The van der Waals surface area contributed by atoms with E-state index < -0.39 is 18.2 Å². The van der Waals surface area contributed by atoms with Gasteiger partial charge in [-0.2, -0.15) is 0 Å². The van der Waals surface area contributed by atoms with Crippen LogP contribution in [0.4, 0.5) is 0 Å². The van der Waals surface area contributed by atoms with Crippen LogP contribution in [0.5, 0.6) is 5.75 Å². The number of carboxylic acid groups (broad SMARTS) is 1. The normalized spacial score (nSPS) is 12.6. The van der Waals surface area contributed by atoms with Crippen molar-refractivity contribution in [3.8, 4) is 17.6 Å². The Balaban J connectivity index is 1.75. The smallest absolute Gasteiger partial charge is 0.332 e. The van der Waals surface area contributed by atoms with E-state index >= 15 is 0 Å². The van der Waals surface area contributed by atoms with Gasteiger partial charge in [-0.1, -0.05) is 36.5 Å². The van der Waals surface area contributed by atoms with Gasteiger partial charge in [-0.25, -0.2) is 9.59 Å². The zero-order valence-corrected chi connectivity index (χ0v) is 17.8. The Morgan fingerprint density at radius 2 is 1.93 bits per heavy atom. The van der Waals surface area contributed by atoms with E-state index in [2.05, 4.69) is 11.8 Å². The third-order valence-electron chi connectivity index (χ3n) is 4.23. The topological polar surface area (TPSA) is 98.9 Å². The van der Waals surface area contributed by atoms with Gasteiger partial charge >= 0.3 is 11.9 Å². The van der Waals surface area contributed by atoms with Crippen molar-refractivity contribution >= 4 is 23.3 Å². The Morgan fingerprint density at radius 3 is 2.63 bits per heavy atom. The quantitative estimate of drug-likeness (QED) is 0.275. The molecule has 0 saturated heterocycles. The molecule has 0 radical (unpaired) electrons. The lowest BCUT2D eigenvalue weighted by Gasteiger charge is -2.19. The SMILES string of the molecule is Cc1ccc(OCC#Cc2ccc(CC[C@@H](C)C(N)OC(=O)C=CC(=O)O)s2)cc1. The van der Waals surface area contributed by atoms with Gasteiger partial charge in [0.1, 0.15) is 12.4 Å². The number of esters is 1. The van der Waals surface area contributed by atoms with Crippen LogP contribution >= 0.6 is 11.3 Å². The number of aryl methyl sites for hydroxylation is 2. The molecule has 1 unspecified atom stereocenters. The van der Waals surface area contributed by atoms with Crippen molar-refractivity contribution in [2.24, 2.45) is 11.7 Å². The molecular weight excluding hydrogens is 402 g/mol. The summed E-state index contributed by atoms with van der Waals surface area (Å²) in [6.07, 6.45) is 2.28. The minimum absolute atomic E-state index is 0.0771. The number of carbonyl (C=O) groups excluding carboxylic acids is 1. The lowest BCUT2D eigenvalue weighted by atomic mass is 10.0. The molecule has 0 saturated carbocycles. The van der Waals surface area contributed by atoms with E-state index in [0.29, 0.717) is 6.61 Å². The van der Waals surface area contributed by atoms with E-state index in [1.54, 1.807) is 11.3 Å². The zero-order chi connectivity index (χ0) is 21.9. The van der Waals surface area contributed by atoms with Crippen molar-refractivity contribution < 1.29 is 24.2 Å². The Bertz CT molecular complexity index is 936. The highest BCUT2D eigenvalue weighted by molar-refractivity contribution is 7.12. The number of thiophene rings is 1. The number of aliphatic carboxylic acids is 1. The predicted octanol–water partition coefficient (Wildman–Crippen LogP) is 3.52. The Labute approximate surface area is 180 Å². The number of carbonyl (C=O) groups is 2. The largest absolute Gasteiger partial charge is 0.481 e. The van der Waals surface area contributed by atoms with Crippen LogP contribution in [0.2, 0.25) is 0 Å². The van der Waals surface area contributed by atoms with Crippen LogP contribution in [-0.2, 0) is 20.7 Å². The number of nitrogens with two attached hydrogens (primary N) is 1. The fraction of sp³-hybridized carbons (Fsp3) is 0.304. The number of benzene rings is 1. The molecule has 0 aliphatic carbocycles. The van der Waals surface area contributed by atoms with E-state index in [-0.39, 0.29) is 5.92 Å². The first kappa shape index (κ1) is 23.2. The molecule has 1 aromatic heterocycles. The molecule has 0 amide bonds. The van der Waals surface area contributed by atoms with Crippen LogP contribution in [0.3, 0.4) is 0 Å². The second-order valence-electron chi connectivity index (χ2n) is 6.76. The first-order chi connectivity index (χ1) is 14.3. The zero-order valence-electron chi connectivity index (χ0n) is 17.0. The summed E-state index contributed by atoms with van der Waals surface area (Å²) in [6.45, 7) is 4.23. The predicted molar refractivity (Wildman–Crippen MR) is 116 cm³/mol. The monoisotopic (exact) mass is 427 g/mol.